The Kier molecular flexibility index (Phi) is 4.67. The maximum atomic E-state index is 13.8. The molecule has 2 fully saturated rings. The largest absolute Gasteiger partial charge is 0.331 e. The molecular formula is C19H23FN4OS. The van der Waals surface area contributed by atoms with Crippen LogP contribution in [0.2, 0.25) is 0 Å². The summed E-state index contributed by atoms with van der Waals surface area (Å²) in [5.74, 6) is 0.494. The van der Waals surface area contributed by atoms with Crippen molar-refractivity contribution in [3.63, 3.8) is 0 Å². The Bertz CT molecular complexity index is 782. The van der Waals surface area contributed by atoms with E-state index in [4.69, 9.17) is 0 Å². The van der Waals surface area contributed by atoms with Crippen molar-refractivity contribution in [1.29, 1.82) is 0 Å². The molecule has 7 heteroatoms. The summed E-state index contributed by atoms with van der Waals surface area (Å²) < 4.78 is 18.0. The lowest BCUT2D eigenvalue weighted by Crippen LogP contribution is -2.41. The van der Waals surface area contributed by atoms with Gasteiger partial charge >= 0.3 is 6.03 Å². The van der Waals surface area contributed by atoms with Gasteiger partial charge in [0.15, 0.2) is 0 Å². The maximum absolute atomic E-state index is 13.8. The average Bonchev–Trinajstić information content (AvgIpc) is 3.30. The summed E-state index contributed by atoms with van der Waals surface area (Å²) >= 11 is 1.47. The summed E-state index contributed by atoms with van der Waals surface area (Å²) in [6.45, 7) is 3.49. The fourth-order valence-corrected chi connectivity index (χ4v) is 4.93. The number of aromatic nitrogens is 1. The highest BCUT2D eigenvalue weighted by atomic mass is 32.1. The molecule has 0 aliphatic carbocycles. The summed E-state index contributed by atoms with van der Waals surface area (Å²) in [4.78, 5) is 18.7. The molecule has 0 N–H and O–H groups in total. The van der Waals surface area contributed by atoms with Gasteiger partial charge in [-0.25, -0.2) is 13.6 Å². The highest BCUT2D eigenvalue weighted by molar-refractivity contribution is 7.03. The summed E-state index contributed by atoms with van der Waals surface area (Å²) in [5.41, 5.74) is 2.13. The number of urea groups is 1. The van der Waals surface area contributed by atoms with Crippen LogP contribution in [-0.2, 0) is 6.54 Å². The van der Waals surface area contributed by atoms with Crippen molar-refractivity contribution in [2.24, 2.45) is 11.8 Å². The number of halogens is 1. The molecule has 2 aliphatic heterocycles. The quantitative estimate of drug-likeness (QED) is 0.829. The van der Waals surface area contributed by atoms with E-state index in [9.17, 15) is 9.18 Å². The second-order valence-corrected chi connectivity index (χ2v) is 8.14. The maximum Gasteiger partial charge on any atom is 0.320 e. The SMILES string of the molecule is CN(C)C(=O)N1C[C@H]2CN(Cc3cnsc3)C[C@H]2[C@H]1c1cccc(F)c1. The number of rotatable bonds is 3. The topological polar surface area (TPSA) is 39.7 Å². The number of amides is 2. The zero-order valence-corrected chi connectivity index (χ0v) is 15.8. The van der Waals surface area contributed by atoms with E-state index in [2.05, 4.69) is 14.7 Å². The van der Waals surface area contributed by atoms with Crippen LogP contribution in [0.5, 0.6) is 0 Å². The summed E-state index contributed by atoms with van der Waals surface area (Å²) in [6, 6.07) is 6.64. The van der Waals surface area contributed by atoms with E-state index < -0.39 is 0 Å². The van der Waals surface area contributed by atoms with Crippen LogP contribution in [0, 0.1) is 17.7 Å². The normalized spacial score (nSPS) is 25.5. The van der Waals surface area contributed by atoms with E-state index in [1.54, 1.807) is 31.1 Å². The van der Waals surface area contributed by atoms with Gasteiger partial charge < -0.3 is 9.80 Å². The Labute approximate surface area is 157 Å². The van der Waals surface area contributed by atoms with Crippen molar-refractivity contribution in [3.05, 3.63) is 52.8 Å². The fraction of sp³-hybridized carbons (Fsp3) is 0.474. The number of benzene rings is 1. The molecule has 4 rings (SSSR count). The van der Waals surface area contributed by atoms with Crippen LogP contribution >= 0.6 is 11.5 Å². The molecule has 0 saturated carbocycles. The first kappa shape index (κ1) is 17.4. The third kappa shape index (κ3) is 3.21. The lowest BCUT2D eigenvalue weighted by Gasteiger charge is -2.31. The number of fused-ring (bicyclic) bond motifs is 1. The number of nitrogens with zero attached hydrogens (tertiary/aromatic N) is 4. The molecule has 0 radical (unpaired) electrons. The first-order chi connectivity index (χ1) is 12.5. The summed E-state index contributed by atoms with van der Waals surface area (Å²) in [6.07, 6.45) is 1.92. The van der Waals surface area contributed by atoms with Gasteiger partial charge in [0.1, 0.15) is 5.82 Å². The molecule has 2 saturated heterocycles. The molecule has 3 atom stereocenters. The van der Waals surface area contributed by atoms with Gasteiger partial charge in [-0.3, -0.25) is 4.90 Å². The highest BCUT2D eigenvalue weighted by Crippen LogP contribution is 2.45. The van der Waals surface area contributed by atoms with Crippen LogP contribution in [0.4, 0.5) is 9.18 Å². The molecule has 26 heavy (non-hydrogen) atoms. The van der Waals surface area contributed by atoms with Gasteiger partial charge in [0.2, 0.25) is 0 Å². The molecule has 2 aromatic rings. The second kappa shape index (κ2) is 6.96. The van der Waals surface area contributed by atoms with Gasteiger partial charge in [-0.15, -0.1) is 0 Å². The van der Waals surface area contributed by atoms with Crippen molar-refractivity contribution in [3.8, 4) is 0 Å². The van der Waals surface area contributed by atoms with E-state index in [-0.39, 0.29) is 17.9 Å². The van der Waals surface area contributed by atoms with Gasteiger partial charge in [-0.05, 0) is 40.7 Å². The smallest absolute Gasteiger partial charge is 0.320 e. The number of likely N-dealkylation sites (tertiary alicyclic amines) is 2. The van der Waals surface area contributed by atoms with E-state index in [0.717, 1.165) is 31.7 Å². The molecule has 0 spiro atoms. The van der Waals surface area contributed by atoms with Gasteiger partial charge in [0.05, 0.1) is 6.04 Å². The van der Waals surface area contributed by atoms with Gasteiger partial charge in [0.25, 0.3) is 0 Å². The third-order valence-electron chi connectivity index (χ3n) is 5.45. The zero-order chi connectivity index (χ0) is 18.3. The molecule has 2 amide bonds. The monoisotopic (exact) mass is 374 g/mol. The standard InChI is InChI=1S/C19H23FN4OS/c1-22(2)19(25)24-10-15-9-23(8-13-7-21-26-12-13)11-17(15)18(24)14-4-3-5-16(20)6-14/h3-7,12,15,17-18H,8-11H2,1-2H3/t15-,17-,18-/m1/s1. The van der Waals surface area contributed by atoms with Crippen molar-refractivity contribution in [1.82, 2.24) is 19.1 Å². The van der Waals surface area contributed by atoms with Gasteiger partial charge in [0, 0.05) is 57.8 Å². The Morgan fingerprint density at radius 2 is 2.19 bits per heavy atom. The van der Waals surface area contributed by atoms with Crippen LogP contribution in [0.25, 0.3) is 0 Å². The second-order valence-electron chi connectivity index (χ2n) is 7.48. The van der Waals surface area contributed by atoms with E-state index in [1.165, 1.54) is 23.2 Å². The lowest BCUT2D eigenvalue weighted by molar-refractivity contribution is 0.151. The summed E-state index contributed by atoms with van der Waals surface area (Å²) in [5, 5.41) is 2.08. The average molecular weight is 374 g/mol. The van der Waals surface area contributed by atoms with Crippen LogP contribution in [0.15, 0.2) is 35.8 Å². The number of carbonyl (C=O) groups excluding carboxylic acids is 1. The minimum absolute atomic E-state index is 0.00208. The molecule has 1 aromatic heterocycles. The predicted octanol–water partition coefficient (Wildman–Crippen LogP) is 3.07. The van der Waals surface area contributed by atoms with Crippen LogP contribution in [0.3, 0.4) is 0 Å². The lowest BCUT2D eigenvalue weighted by atomic mass is 9.89. The van der Waals surface area contributed by atoms with Gasteiger partial charge in [-0.1, -0.05) is 12.1 Å². The molecule has 1 aromatic carbocycles. The number of carbonyl (C=O) groups is 1. The van der Waals surface area contributed by atoms with Crippen molar-refractivity contribution in [2.75, 3.05) is 33.7 Å². The van der Waals surface area contributed by atoms with Crippen LogP contribution in [-0.4, -0.2) is 58.8 Å². The molecule has 138 valence electrons. The Morgan fingerprint density at radius 1 is 1.35 bits per heavy atom. The van der Waals surface area contributed by atoms with Crippen molar-refractivity contribution in [2.45, 2.75) is 12.6 Å². The highest BCUT2D eigenvalue weighted by Gasteiger charge is 2.49. The number of hydrogen-bond donors (Lipinski definition) is 0. The van der Waals surface area contributed by atoms with Gasteiger partial charge in [-0.2, -0.15) is 0 Å². The predicted molar refractivity (Wildman–Crippen MR) is 99.3 cm³/mol. The zero-order valence-electron chi connectivity index (χ0n) is 15.0. The molecule has 0 unspecified atom stereocenters. The first-order valence-electron chi connectivity index (χ1n) is 8.87. The summed E-state index contributed by atoms with van der Waals surface area (Å²) in [7, 11) is 3.55. The molecule has 2 aliphatic rings. The van der Waals surface area contributed by atoms with Crippen molar-refractivity contribution < 1.29 is 9.18 Å². The first-order valence-corrected chi connectivity index (χ1v) is 9.70. The van der Waals surface area contributed by atoms with E-state index in [1.807, 2.05) is 17.2 Å². The minimum Gasteiger partial charge on any atom is -0.331 e. The van der Waals surface area contributed by atoms with Crippen molar-refractivity contribution >= 4 is 17.6 Å². The Morgan fingerprint density at radius 3 is 2.88 bits per heavy atom. The molecule has 5 nitrogen and oxygen atoms in total. The minimum atomic E-state index is -0.248. The fourth-order valence-electron chi connectivity index (χ4n) is 4.40. The Balaban J connectivity index is 1.59. The molecular weight excluding hydrogens is 351 g/mol. The van der Waals surface area contributed by atoms with E-state index >= 15 is 0 Å². The van der Waals surface area contributed by atoms with Crippen LogP contribution < -0.4 is 0 Å². The third-order valence-corrected chi connectivity index (χ3v) is 6.08. The van der Waals surface area contributed by atoms with Crippen LogP contribution in [0.1, 0.15) is 17.2 Å². The molecule has 3 heterocycles. The number of hydrogen-bond acceptors (Lipinski definition) is 4. The van der Waals surface area contributed by atoms with E-state index in [0.29, 0.717) is 11.8 Å². The Hall–Kier alpha value is -1.99. The molecule has 0 bridgehead atoms.